The highest BCUT2D eigenvalue weighted by Gasteiger charge is 2.33. The molecular formula is C55H41NO. The molecule has 0 N–H and O–H groups in total. The Morgan fingerprint density at radius 2 is 1.02 bits per heavy atom. The number of benzene rings is 9. The molecule has 11 rings (SSSR count). The summed E-state index contributed by atoms with van der Waals surface area (Å²) in [5.74, 6) is 0. The van der Waals surface area contributed by atoms with Gasteiger partial charge in [0.1, 0.15) is 5.58 Å². The van der Waals surface area contributed by atoms with Crippen LogP contribution in [0.1, 0.15) is 31.9 Å². The van der Waals surface area contributed by atoms with E-state index < -0.39 is 0 Å². The predicted octanol–water partition coefficient (Wildman–Crippen LogP) is 15.9. The summed E-state index contributed by atoms with van der Waals surface area (Å²) >= 11 is 0. The van der Waals surface area contributed by atoms with E-state index in [2.05, 4.69) is 202 Å². The molecule has 0 atom stereocenters. The molecule has 0 radical (unpaired) electrons. The highest BCUT2D eigenvalue weighted by atomic mass is 16.3. The maximum Gasteiger partial charge on any atom is 0.159 e. The number of fused-ring (bicyclic) bond motifs is 9. The standard InChI is InChI=1S/C55H41NO/c1-34-26-28-39(55(2,3)4)33-48(34)56(47-24-15-23-44-41-20-13-14-25-49(41)57-54(44)47)40-29-27-37-31-45-46(32-38(37)30-40)53-51(36-18-9-6-10-19-36)43-22-12-11-21-42(43)50(52(45)53)35-16-7-5-8-17-35/h5-33H,1-4H3. The molecule has 0 bridgehead atoms. The number of furan rings is 1. The van der Waals surface area contributed by atoms with Crippen LogP contribution in [0.3, 0.4) is 0 Å². The number of rotatable bonds is 5. The minimum atomic E-state index is -0.0161. The zero-order chi connectivity index (χ0) is 38.4. The number of nitrogens with zero attached hydrogens (tertiary/aromatic N) is 1. The summed E-state index contributed by atoms with van der Waals surface area (Å²) < 4.78 is 6.71. The highest BCUT2D eigenvalue weighted by molar-refractivity contribution is 6.26. The topological polar surface area (TPSA) is 16.4 Å². The molecule has 2 heteroatoms. The van der Waals surface area contributed by atoms with Crippen LogP contribution in [0.5, 0.6) is 0 Å². The van der Waals surface area contributed by atoms with Crippen molar-refractivity contribution in [3.8, 4) is 44.5 Å². The Morgan fingerprint density at radius 3 is 1.67 bits per heavy atom. The lowest BCUT2D eigenvalue weighted by Crippen LogP contribution is -2.15. The van der Waals surface area contributed by atoms with Crippen molar-refractivity contribution in [1.29, 1.82) is 0 Å². The Bertz CT molecular complexity index is 3220. The van der Waals surface area contributed by atoms with Crippen LogP contribution in [0.2, 0.25) is 0 Å². The van der Waals surface area contributed by atoms with Gasteiger partial charge in [0.2, 0.25) is 0 Å². The molecule has 0 amide bonds. The lowest BCUT2D eigenvalue weighted by molar-refractivity contribution is 0.590. The van der Waals surface area contributed by atoms with Crippen LogP contribution in [0, 0.1) is 6.92 Å². The first-order chi connectivity index (χ1) is 27.8. The minimum absolute atomic E-state index is 0.0161. The van der Waals surface area contributed by atoms with Gasteiger partial charge < -0.3 is 9.32 Å². The first kappa shape index (κ1) is 33.4. The van der Waals surface area contributed by atoms with Gasteiger partial charge in [-0.2, -0.15) is 0 Å². The van der Waals surface area contributed by atoms with Crippen LogP contribution >= 0.6 is 0 Å². The van der Waals surface area contributed by atoms with Gasteiger partial charge in [0.25, 0.3) is 0 Å². The Kier molecular flexibility index (Phi) is 7.37. The maximum absolute atomic E-state index is 6.71. The Balaban J connectivity index is 1.17. The van der Waals surface area contributed by atoms with Crippen LogP contribution in [-0.4, -0.2) is 0 Å². The van der Waals surface area contributed by atoms with E-state index in [0.717, 1.165) is 39.0 Å². The summed E-state index contributed by atoms with van der Waals surface area (Å²) in [6.07, 6.45) is 0. The van der Waals surface area contributed by atoms with Crippen LogP contribution < -0.4 is 4.90 Å². The van der Waals surface area contributed by atoms with Crippen molar-refractivity contribution in [3.05, 3.63) is 187 Å². The van der Waals surface area contributed by atoms with Crippen molar-refractivity contribution in [3.63, 3.8) is 0 Å². The average Bonchev–Trinajstić information content (AvgIpc) is 3.62. The molecule has 9 aromatic carbocycles. The Labute approximate surface area is 333 Å². The predicted molar refractivity (Wildman–Crippen MR) is 242 cm³/mol. The lowest BCUT2D eigenvalue weighted by atomic mass is 9.70. The molecule has 57 heavy (non-hydrogen) atoms. The second-order valence-electron chi connectivity index (χ2n) is 16.5. The highest BCUT2D eigenvalue weighted by Crippen LogP contribution is 2.60. The normalized spacial score (nSPS) is 12.2. The van der Waals surface area contributed by atoms with E-state index in [0.29, 0.717) is 0 Å². The van der Waals surface area contributed by atoms with Crippen molar-refractivity contribution in [2.24, 2.45) is 0 Å². The first-order valence-electron chi connectivity index (χ1n) is 19.9. The van der Waals surface area contributed by atoms with Gasteiger partial charge in [0.15, 0.2) is 5.58 Å². The van der Waals surface area contributed by atoms with Gasteiger partial charge in [-0.15, -0.1) is 0 Å². The molecule has 0 saturated carbocycles. The van der Waals surface area contributed by atoms with Gasteiger partial charge in [-0.1, -0.05) is 154 Å². The molecule has 2 nitrogen and oxygen atoms in total. The van der Waals surface area contributed by atoms with Crippen molar-refractivity contribution >= 4 is 60.5 Å². The number of anilines is 3. The fourth-order valence-electron chi connectivity index (χ4n) is 9.19. The third-order valence-corrected chi connectivity index (χ3v) is 12.0. The number of para-hydroxylation sites is 2. The second-order valence-corrected chi connectivity index (χ2v) is 16.5. The summed E-state index contributed by atoms with van der Waals surface area (Å²) in [6.45, 7) is 9.07. The second kappa shape index (κ2) is 12.6. The molecule has 10 aromatic rings. The molecule has 0 aliphatic heterocycles. The summed E-state index contributed by atoms with van der Waals surface area (Å²) in [4.78, 5) is 2.42. The molecule has 1 aliphatic rings. The number of hydrogen-bond acceptors (Lipinski definition) is 2. The van der Waals surface area contributed by atoms with Crippen LogP contribution in [0.25, 0.3) is 88.0 Å². The smallest absolute Gasteiger partial charge is 0.159 e. The first-order valence-corrected chi connectivity index (χ1v) is 19.9. The lowest BCUT2D eigenvalue weighted by Gasteiger charge is -2.33. The largest absolute Gasteiger partial charge is 0.454 e. The number of hydrogen-bond donors (Lipinski definition) is 0. The monoisotopic (exact) mass is 731 g/mol. The molecule has 0 spiro atoms. The minimum Gasteiger partial charge on any atom is -0.454 e. The van der Waals surface area contributed by atoms with E-state index in [4.69, 9.17) is 4.42 Å². The van der Waals surface area contributed by atoms with E-state index in [1.54, 1.807) is 0 Å². The quantitative estimate of drug-likeness (QED) is 0.175. The summed E-state index contributed by atoms with van der Waals surface area (Å²) in [5, 5.41) is 7.23. The summed E-state index contributed by atoms with van der Waals surface area (Å²) in [6, 6.07) is 64.4. The van der Waals surface area contributed by atoms with Gasteiger partial charge in [0.05, 0.1) is 5.69 Å². The van der Waals surface area contributed by atoms with E-state index in [-0.39, 0.29) is 5.41 Å². The Hall–Kier alpha value is -6.90. The molecule has 0 unspecified atom stereocenters. The zero-order valence-electron chi connectivity index (χ0n) is 32.6. The SMILES string of the molecule is Cc1ccc(C(C)(C)C)cc1N(c1ccc2cc3c(cc2c1)-c1c-3c(-c2ccccc2)c2ccccc2c1-c1ccccc1)c1cccc2c1oc1ccccc12. The molecule has 1 heterocycles. The third kappa shape index (κ3) is 5.17. The summed E-state index contributed by atoms with van der Waals surface area (Å²) in [7, 11) is 0. The van der Waals surface area contributed by atoms with Crippen molar-refractivity contribution in [2.75, 3.05) is 4.90 Å². The van der Waals surface area contributed by atoms with Gasteiger partial charge in [-0.05, 0) is 132 Å². The zero-order valence-corrected chi connectivity index (χ0v) is 32.6. The van der Waals surface area contributed by atoms with Crippen LogP contribution in [0.4, 0.5) is 17.1 Å². The van der Waals surface area contributed by atoms with Crippen LogP contribution in [0.15, 0.2) is 180 Å². The van der Waals surface area contributed by atoms with Crippen molar-refractivity contribution in [1.82, 2.24) is 0 Å². The summed E-state index contributed by atoms with van der Waals surface area (Å²) in [5.41, 5.74) is 17.9. The van der Waals surface area contributed by atoms with Gasteiger partial charge in [-0.3, -0.25) is 0 Å². The van der Waals surface area contributed by atoms with Gasteiger partial charge >= 0.3 is 0 Å². The van der Waals surface area contributed by atoms with Gasteiger partial charge in [0, 0.05) is 22.1 Å². The van der Waals surface area contributed by atoms with E-state index in [1.165, 1.54) is 77.2 Å². The molecule has 0 saturated heterocycles. The molecule has 1 aliphatic carbocycles. The third-order valence-electron chi connectivity index (χ3n) is 12.0. The Morgan fingerprint density at radius 1 is 0.439 bits per heavy atom. The molecule has 1 aromatic heterocycles. The fourth-order valence-corrected chi connectivity index (χ4v) is 9.19. The molecule has 0 fully saturated rings. The van der Waals surface area contributed by atoms with Crippen molar-refractivity contribution < 1.29 is 4.42 Å². The van der Waals surface area contributed by atoms with E-state index >= 15 is 0 Å². The van der Waals surface area contributed by atoms with E-state index in [9.17, 15) is 0 Å². The van der Waals surface area contributed by atoms with E-state index in [1.807, 2.05) is 6.07 Å². The van der Waals surface area contributed by atoms with Crippen molar-refractivity contribution in [2.45, 2.75) is 33.1 Å². The maximum atomic E-state index is 6.71. The van der Waals surface area contributed by atoms with Gasteiger partial charge in [-0.25, -0.2) is 0 Å². The van der Waals surface area contributed by atoms with Crippen LogP contribution in [-0.2, 0) is 5.41 Å². The molecular weight excluding hydrogens is 691 g/mol. The molecule has 272 valence electrons. The number of aryl methyl sites for hydroxylation is 1. The average molecular weight is 732 g/mol. The fraction of sp³-hybridized carbons (Fsp3) is 0.0909.